The zero-order valence-electron chi connectivity index (χ0n) is 10.2. The standard InChI is InChI=1S/C12H12Cl2O3Si/c1-7(15)18(8(2)16,9(3)17)12-5-4-10(13)6-11(12)14/h4-6H,1-3H3. The highest BCUT2D eigenvalue weighted by Gasteiger charge is 2.52. The first-order valence-corrected chi connectivity index (χ1v) is 7.98. The Labute approximate surface area is 116 Å². The molecule has 18 heavy (non-hydrogen) atoms. The summed E-state index contributed by atoms with van der Waals surface area (Å²) in [4.78, 5) is 35.7. The fourth-order valence-corrected chi connectivity index (χ4v) is 6.33. The Morgan fingerprint density at radius 3 is 1.72 bits per heavy atom. The third kappa shape index (κ3) is 2.28. The Morgan fingerprint density at radius 1 is 0.944 bits per heavy atom. The molecule has 0 N–H and O–H groups in total. The number of hydrogen-bond donors (Lipinski definition) is 0. The molecule has 0 aliphatic heterocycles. The summed E-state index contributed by atoms with van der Waals surface area (Å²) in [6.07, 6.45) is 0. The fourth-order valence-electron chi connectivity index (χ4n) is 2.11. The zero-order chi connectivity index (χ0) is 14.1. The molecule has 6 heteroatoms. The molecule has 0 heterocycles. The van der Waals surface area contributed by atoms with Crippen molar-refractivity contribution in [1.29, 1.82) is 0 Å². The largest absolute Gasteiger partial charge is 0.308 e. The van der Waals surface area contributed by atoms with Gasteiger partial charge >= 0.3 is 8.07 Å². The summed E-state index contributed by atoms with van der Waals surface area (Å²) < 4.78 is 0. The lowest BCUT2D eigenvalue weighted by atomic mass is 10.4. The van der Waals surface area contributed by atoms with Crippen LogP contribution in [0.15, 0.2) is 18.2 Å². The quantitative estimate of drug-likeness (QED) is 0.800. The fraction of sp³-hybridized carbons (Fsp3) is 0.250. The maximum atomic E-state index is 11.9. The van der Waals surface area contributed by atoms with Gasteiger partial charge in [0.05, 0.1) is 0 Å². The van der Waals surface area contributed by atoms with Crippen LogP contribution in [0.1, 0.15) is 20.8 Å². The molecule has 0 atom stereocenters. The predicted octanol–water partition coefficient (Wildman–Crippen LogP) is 2.03. The van der Waals surface area contributed by atoms with Gasteiger partial charge in [-0.2, -0.15) is 0 Å². The minimum absolute atomic E-state index is 0.190. The molecule has 0 unspecified atom stereocenters. The summed E-state index contributed by atoms with van der Waals surface area (Å²) in [5.41, 5.74) is 0. The molecule has 0 aromatic heterocycles. The van der Waals surface area contributed by atoms with Crippen LogP contribution in [-0.2, 0) is 14.4 Å². The van der Waals surface area contributed by atoms with Crippen LogP contribution >= 0.6 is 23.2 Å². The van der Waals surface area contributed by atoms with E-state index in [2.05, 4.69) is 0 Å². The Bertz CT molecular complexity index is 504. The number of hydrogen-bond acceptors (Lipinski definition) is 3. The minimum atomic E-state index is -3.58. The van der Waals surface area contributed by atoms with Crippen molar-refractivity contribution in [3.05, 3.63) is 28.2 Å². The molecule has 3 nitrogen and oxygen atoms in total. The summed E-state index contributed by atoms with van der Waals surface area (Å²) in [5.74, 6) is 0. The van der Waals surface area contributed by atoms with E-state index in [0.717, 1.165) is 0 Å². The van der Waals surface area contributed by atoms with Crippen molar-refractivity contribution in [3.8, 4) is 0 Å². The van der Waals surface area contributed by atoms with E-state index in [4.69, 9.17) is 23.2 Å². The smallest absolute Gasteiger partial charge is 0.304 e. The first-order valence-electron chi connectivity index (χ1n) is 5.23. The topological polar surface area (TPSA) is 51.2 Å². The highest BCUT2D eigenvalue weighted by atomic mass is 35.5. The molecule has 0 saturated heterocycles. The third-order valence-electron chi connectivity index (χ3n) is 2.92. The Balaban J connectivity index is 3.68. The third-order valence-corrected chi connectivity index (χ3v) is 8.04. The normalized spacial score (nSPS) is 11.2. The van der Waals surface area contributed by atoms with Gasteiger partial charge in [-0.1, -0.05) is 29.3 Å². The molecule has 1 aromatic rings. The number of halogens is 2. The van der Waals surface area contributed by atoms with Gasteiger partial charge in [0, 0.05) is 10.0 Å². The van der Waals surface area contributed by atoms with Crippen molar-refractivity contribution < 1.29 is 14.4 Å². The van der Waals surface area contributed by atoms with Crippen LogP contribution in [0.2, 0.25) is 10.0 Å². The monoisotopic (exact) mass is 302 g/mol. The van der Waals surface area contributed by atoms with E-state index in [1.807, 2.05) is 0 Å². The molecular formula is C12H12Cl2O3Si. The van der Waals surface area contributed by atoms with Gasteiger partial charge in [-0.05, 0) is 38.1 Å². The predicted molar refractivity (Wildman–Crippen MR) is 73.9 cm³/mol. The van der Waals surface area contributed by atoms with Gasteiger partial charge in [0.25, 0.3) is 0 Å². The van der Waals surface area contributed by atoms with E-state index < -0.39 is 24.3 Å². The van der Waals surface area contributed by atoms with Crippen molar-refractivity contribution in [2.24, 2.45) is 0 Å². The molecule has 96 valence electrons. The molecule has 0 bridgehead atoms. The second-order valence-electron chi connectivity index (χ2n) is 4.04. The van der Waals surface area contributed by atoms with Crippen LogP contribution in [0.4, 0.5) is 0 Å². The lowest BCUT2D eigenvalue weighted by molar-refractivity contribution is -0.117. The highest BCUT2D eigenvalue weighted by Crippen LogP contribution is 2.19. The van der Waals surface area contributed by atoms with Crippen molar-refractivity contribution in [1.82, 2.24) is 0 Å². The summed E-state index contributed by atoms with van der Waals surface area (Å²) >= 11 is 11.8. The first-order chi connectivity index (χ1) is 8.24. The molecule has 0 spiro atoms. The molecule has 0 aliphatic carbocycles. The number of carbonyl (C=O) groups is 3. The number of benzene rings is 1. The van der Waals surface area contributed by atoms with E-state index in [1.54, 1.807) is 0 Å². The summed E-state index contributed by atoms with van der Waals surface area (Å²) in [6.45, 7) is 3.79. The van der Waals surface area contributed by atoms with Gasteiger partial charge in [-0.25, -0.2) is 0 Å². The summed E-state index contributed by atoms with van der Waals surface area (Å²) in [6, 6.07) is 4.47. The van der Waals surface area contributed by atoms with E-state index >= 15 is 0 Å². The van der Waals surface area contributed by atoms with Crippen LogP contribution in [0, 0.1) is 0 Å². The van der Waals surface area contributed by atoms with Gasteiger partial charge in [-0.15, -0.1) is 0 Å². The lowest BCUT2D eigenvalue weighted by Gasteiger charge is -2.24. The summed E-state index contributed by atoms with van der Waals surface area (Å²) in [7, 11) is -3.58. The maximum absolute atomic E-state index is 11.9. The molecule has 0 amide bonds. The van der Waals surface area contributed by atoms with Gasteiger partial charge in [0.1, 0.15) is 16.2 Å². The van der Waals surface area contributed by atoms with Gasteiger partial charge in [-0.3, -0.25) is 0 Å². The van der Waals surface area contributed by atoms with Crippen LogP contribution in [0.3, 0.4) is 0 Å². The van der Waals surface area contributed by atoms with Crippen LogP contribution in [0.25, 0.3) is 0 Å². The van der Waals surface area contributed by atoms with E-state index in [9.17, 15) is 14.4 Å². The molecule has 0 aliphatic rings. The van der Waals surface area contributed by atoms with Crippen molar-refractivity contribution in [2.75, 3.05) is 0 Å². The van der Waals surface area contributed by atoms with E-state index in [1.165, 1.54) is 39.0 Å². The molecule has 1 rings (SSSR count). The van der Waals surface area contributed by atoms with Crippen LogP contribution in [-0.4, -0.2) is 24.3 Å². The molecule has 0 fully saturated rings. The van der Waals surface area contributed by atoms with Gasteiger partial charge < -0.3 is 14.4 Å². The molecule has 1 aromatic carbocycles. The van der Waals surface area contributed by atoms with Crippen molar-refractivity contribution >= 4 is 52.7 Å². The summed E-state index contributed by atoms with van der Waals surface area (Å²) in [5, 5.41) is -0.330. The Kier molecular flexibility index (Phi) is 4.48. The number of rotatable bonds is 4. The zero-order valence-corrected chi connectivity index (χ0v) is 12.7. The molecule has 0 radical (unpaired) electrons. The van der Waals surface area contributed by atoms with E-state index in [-0.39, 0.29) is 5.02 Å². The lowest BCUT2D eigenvalue weighted by Crippen LogP contribution is -2.66. The Morgan fingerprint density at radius 2 is 1.39 bits per heavy atom. The van der Waals surface area contributed by atoms with Crippen molar-refractivity contribution in [3.63, 3.8) is 0 Å². The molecular weight excluding hydrogens is 291 g/mol. The average Bonchev–Trinajstić information content (AvgIpc) is 2.20. The van der Waals surface area contributed by atoms with Crippen LogP contribution < -0.4 is 5.19 Å². The average molecular weight is 303 g/mol. The van der Waals surface area contributed by atoms with Crippen molar-refractivity contribution in [2.45, 2.75) is 20.8 Å². The molecule has 0 saturated carbocycles. The SMILES string of the molecule is CC(=O)[Si](C(C)=O)(C(C)=O)c1ccc(Cl)cc1Cl. The van der Waals surface area contributed by atoms with Crippen LogP contribution in [0.5, 0.6) is 0 Å². The second-order valence-corrected chi connectivity index (χ2v) is 9.04. The van der Waals surface area contributed by atoms with Gasteiger partial charge in [0.2, 0.25) is 0 Å². The number of carbonyl (C=O) groups excluding carboxylic acids is 3. The maximum Gasteiger partial charge on any atom is 0.308 e. The minimum Gasteiger partial charge on any atom is -0.304 e. The Hall–Kier alpha value is -0.973. The highest BCUT2D eigenvalue weighted by molar-refractivity contribution is 7.46. The van der Waals surface area contributed by atoms with Gasteiger partial charge in [0.15, 0.2) is 0 Å². The second kappa shape index (κ2) is 5.34. The van der Waals surface area contributed by atoms with E-state index in [0.29, 0.717) is 10.2 Å². The first kappa shape index (κ1) is 15.1.